The van der Waals surface area contributed by atoms with Crippen molar-refractivity contribution in [2.75, 3.05) is 5.32 Å². The lowest BCUT2D eigenvalue weighted by molar-refractivity contribution is -0.385. The van der Waals surface area contributed by atoms with Gasteiger partial charge < -0.3 is 5.32 Å². The molecule has 5 nitrogen and oxygen atoms in total. The van der Waals surface area contributed by atoms with Crippen molar-refractivity contribution in [2.24, 2.45) is 0 Å². The van der Waals surface area contributed by atoms with Crippen LogP contribution in [0, 0.1) is 24.0 Å². The van der Waals surface area contributed by atoms with Crippen molar-refractivity contribution >= 4 is 23.4 Å². The highest BCUT2D eigenvalue weighted by Gasteiger charge is 2.10. The predicted octanol–water partition coefficient (Wildman–Crippen LogP) is 3.86. The smallest absolute Gasteiger partial charge is 0.276 e. The van der Waals surface area contributed by atoms with Gasteiger partial charge in [0.25, 0.3) is 5.69 Å². The van der Waals surface area contributed by atoms with Gasteiger partial charge in [0.1, 0.15) is 0 Å². The Morgan fingerprint density at radius 1 is 1.18 bits per heavy atom. The van der Waals surface area contributed by atoms with Crippen LogP contribution in [0.15, 0.2) is 48.5 Å². The number of rotatable bonds is 4. The molecule has 0 saturated heterocycles. The molecule has 0 unspecified atom stereocenters. The highest BCUT2D eigenvalue weighted by atomic mass is 16.6. The first-order valence-electron chi connectivity index (χ1n) is 6.77. The van der Waals surface area contributed by atoms with E-state index in [0.717, 1.165) is 16.8 Å². The average molecular weight is 296 g/mol. The second-order valence-corrected chi connectivity index (χ2v) is 4.96. The van der Waals surface area contributed by atoms with E-state index in [1.54, 1.807) is 18.2 Å². The minimum absolute atomic E-state index is 0.0294. The number of anilines is 1. The zero-order valence-electron chi connectivity index (χ0n) is 12.4. The third kappa shape index (κ3) is 3.79. The molecule has 0 aliphatic heterocycles. The summed E-state index contributed by atoms with van der Waals surface area (Å²) in [4.78, 5) is 22.4. The Labute approximate surface area is 128 Å². The van der Waals surface area contributed by atoms with Gasteiger partial charge in [-0.2, -0.15) is 0 Å². The molecular weight excluding hydrogens is 280 g/mol. The Balaban J connectivity index is 2.15. The summed E-state index contributed by atoms with van der Waals surface area (Å²) in [7, 11) is 0. The summed E-state index contributed by atoms with van der Waals surface area (Å²) in [6, 6.07) is 12.1. The van der Waals surface area contributed by atoms with Gasteiger partial charge in [0.05, 0.1) is 10.5 Å². The van der Waals surface area contributed by atoms with Gasteiger partial charge in [-0.25, -0.2) is 0 Å². The maximum atomic E-state index is 12.0. The third-order valence-electron chi connectivity index (χ3n) is 3.20. The van der Waals surface area contributed by atoms with Crippen molar-refractivity contribution in [1.82, 2.24) is 0 Å². The molecular formula is C17H16N2O3. The topological polar surface area (TPSA) is 72.2 Å². The molecule has 0 bridgehead atoms. The Morgan fingerprint density at radius 2 is 1.91 bits per heavy atom. The second-order valence-electron chi connectivity index (χ2n) is 4.96. The van der Waals surface area contributed by atoms with Crippen LogP contribution in [0.1, 0.15) is 16.7 Å². The van der Waals surface area contributed by atoms with Gasteiger partial charge in [-0.05, 0) is 43.2 Å². The molecule has 0 saturated carbocycles. The van der Waals surface area contributed by atoms with Crippen LogP contribution in [0.3, 0.4) is 0 Å². The van der Waals surface area contributed by atoms with E-state index in [1.807, 2.05) is 32.0 Å². The van der Waals surface area contributed by atoms with Crippen molar-refractivity contribution in [1.29, 1.82) is 0 Å². The number of benzene rings is 2. The number of amides is 1. The first kappa shape index (κ1) is 15.4. The molecule has 0 radical (unpaired) electrons. The molecule has 2 aromatic rings. The number of carbonyl (C=O) groups excluding carboxylic acids is 1. The summed E-state index contributed by atoms with van der Waals surface area (Å²) in [6.07, 6.45) is 2.74. The van der Waals surface area contributed by atoms with E-state index >= 15 is 0 Å². The summed E-state index contributed by atoms with van der Waals surface area (Å²) in [6.45, 7) is 3.85. The van der Waals surface area contributed by atoms with E-state index in [9.17, 15) is 14.9 Å². The van der Waals surface area contributed by atoms with E-state index in [0.29, 0.717) is 5.56 Å². The lowest BCUT2D eigenvalue weighted by Crippen LogP contribution is -2.09. The second kappa shape index (κ2) is 6.67. The highest BCUT2D eigenvalue weighted by molar-refractivity contribution is 6.02. The number of nitrogens with one attached hydrogen (secondary N) is 1. The first-order valence-corrected chi connectivity index (χ1v) is 6.77. The van der Waals surface area contributed by atoms with Crippen LogP contribution in [0.2, 0.25) is 0 Å². The molecule has 0 aliphatic carbocycles. The van der Waals surface area contributed by atoms with Gasteiger partial charge in [-0.3, -0.25) is 14.9 Å². The molecule has 1 N–H and O–H groups in total. The summed E-state index contributed by atoms with van der Waals surface area (Å²) in [5.74, 6) is -0.327. The maximum Gasteiger partial charge on any atom is 0.276 e. The van der Waals surface area contributed by atoms with E-state index in [4.69, 9.17) is 0 Å². The fraction of sp³-hybridized carbons (Fsp3) is 0.118. The van der Waals surface area contributed by atoms with Crippen LogP contribution < -0.4 is 5.32 Å². The summed E-state index contributed by atoms with van der Waals surface area (Å²) in [5, 5.41) is 13.7. The Bertz CT molecular complexity index is 751. The number of hydrogen-bond donors (Lipinski definition) is 1. The number of hydrogen-bond acceptors (Lipinski definition) is 3. The Kier molecular flexibility index (Phi) is 4.68. The van der Waals surface area contributed by atoms with Crippen molar-refractivity contribution in [2.45, 2.75) is 13.8 Å². The number of carbonyl (C=O) groups is 1. The van der Waals surface area contributed by atoms with Gasteiger partial charge in [-0.1, -0.05) is 24.3 Å². The number of nitrogens with zero attached hydrogens (tertiary/aromatic N) is 1. The van der Waals surface area contributed by atoms with Gasteiger partial charge >= 0.3 is 0 Å². The average Bonchev–Trinajstić information content (AvgIpc) is 2.49. The lowest BCUT2D eigenvalue weighted by Gasteiger charge is -2.07. The molecule has 0 aliphatic rings. The van der Waals surface area contributed by atoms with Crippen molar-refractivity contribution < 1.29 is 9.72 Å². The quantitative estimate of drug-likeness (QED) is 0.529. The summed E-state index contributed by atoms with van der Waals surface area (Å²) >= 11 is 0. The minimum atomic E-state index is -0.470. The van der Waals surface area contributed by atoms with Gasteiger partial charge in [0.2, 0.25) is 5.91 Å². The third-order valence-corrected chi connectivity index (χ3v) is 3.20. The Hall–Kier alpha value is -2.95. The first-order chi connectivity index (χ1) is 10.5. The SMILES string of the molecule is Cc1ccc(C)c(NC(=O)C=Cc2ccccc2[N+](=O)[O-])c1. The molecule has 22 heavy (non-hydrogen) atoms. The molecule has 112 valence electrons. The minimum Gasteiger partial charge on any atom is -0.322 e. The number of nitro groups is 1. The monoisotopic (exact) mass is 296 g/mol. The van der Waals surface area contributed by atoms with Crippen LogP contribution >= 0.6 is 0 Å². The molecule has 2 aromatic carbocycles. The fourth-order valence-electron chi connectivity index (χ4n) is 2.01. The number of aryl methyl sites for hydroxylation is 2. The summed E-state index contributed by atoms with van der Waals surface area (Å²) in [5.41, 5.74) is 3.10. The van der Waals surface area contributed by atoms with Gasteiger partial charge in [0, 0.05) is 17.8 Å². The predicted molar refractivity (Wildman–Crippen MR) is 86.7 cm³/mol. The standard InChI is InChI=1S/C17H16N2O3/c1-12-7-8-13(2)15(11-12)18-17(20)10-9-14-5-3-4-6-16(14)19(21)22/h3-11H,1-2H3,(H,18,20). The zero-order valence-corrected chi connectivity index (χ0v) is 12.4. The molecule has 5 heteroatoms. The van der Waals surface area contributed by atoms with E-state index in [-0.39, 0.29) is 11.6 Å². The maximum absolute atomic E-state index is 12.0. The Morgan fingerprint density at radius 3 is 2.64 bits per heavy atom. The fourth-order valence-corrected chi connectivity index (χ4v) is 2.01. The van der Waals surface area contributed by atoms with Crippen LogP contribution in [0.25, 0.3) is 6.08 Å². The van der Waals surface area contributed by atoms with Crippen molar-refractivity contribution in [3.8, 4) is 0 Å². The highest BCUT2D eigenvalue weighted by Crippen LogP contribution is 2.19. The largest absolute Gasteiger partial charge is 0.322 e. The summed E-state index contributed by atoms with van der Waals surface area (Å²) < 4.78 is 0. The normalized spacial score (nSPS) is 10.6. The molecule has 0 atom stereocenters. The van der Waals surface area contributed by atoms with Crippen LogP contribution in [-0.2, 0) is 4.79 Å². The van der Waals surface area contributed by atoms with Gasteiger partial charge in [0.15, 0.2) is 0 Å². The molecule has 0 fully saturated rings. The van der Waals surface area contributed by atoms with Crippen LogP contribution in [0.5, 0.6) is 0 Å². The molecule has 1 amide bonds. The van der Waals surface area contributed by atoms with Crippen LogP contribution in [0.4, 0.5) is 11.4 Å². The molecule has 0 aromatic heterocycles. The van der Waals surface area contributed by atoms with Crippen LogP contribution in [-0.4, -0.2) is 10.8 Å². The van der Waals surface area contributed by atoms with Crippen molar-refractivity contribution in [3.05, 3.63) is 75.3 Å². The van der Waals surface area contributed by atoms with Gasteiger partial charge in [-0.15, -0.1) is 0 Å². The molecule has 2 rings (SSSR count). The van der Waals surface area contributed by atoms with E-state index in [1.165, 1.54) is 18.2 Å². The lowest BCUT2D eigenvalue weighted by atomic mass is 10.1. The molecule has 0 spiro atoms. The number of nitro benzene ring substituents is 1. The number of para-hydroxylation sites is 1. The molecule has 0 heterocycles. The van der Waals surface area contributed by atoms with E-state index < -0.39 is 4.92 Å². The zero-order chi connectivity index (χ0) is 16.1. The van der Waals surface area contributed by atoms with Crippen molar-refractivity contribution in [3.63, 3.8) is 0 Å². The van der Waals surface area contributed by atoms with E-state index in [2.05, 4.69) is 5.32 Å².